The topological polar surface area (TPSA) is 83.2 Å². The molecule has 1 aliphatic rings. The Labute approximate surface area is 179 Å². The van der Waals surface area contributed by atoms with E-state index >= 15 is 0 Å². The summed E-state index contributed by atoms with van der Waals surface area (Å²) < 4.78 is 5.40. The van der Waals surface area contributed by atoms with Gasteiger partial charge in [-0.25, -0.2) is 4.79 Å². The van der Waals surface area contributed by atoms with Crippen LogP contribution < -0.4 is 11.1 Å². The van der Waals surface area contributed by atoms with Crippen LogP contribution in [-0.2, 0) is 4.74 Å². The van der Waals surface area contributed by atoms with Crippen LogP contribution in [0.2, 0.25) is 0 Å². The highest BCUT2D eigenvalue weighted by Crippen LogP contribution is 2.11. The molecule has 0 unspecified atom stereocenters. The minimum absolute atomic E-state index is 0. The Morgan fingerprint density at radius 2 is 1.74 bits per heavy atom. The van der Waals surface area contributed by atoms with E-state index in [9.17, 15) is 4.79 Å². The van der Waals surface area contributed by atoms with Crippen molar-refractivity contribution in [2.24, 2.45) is 10.7 Å². The number of guanidine groups is 1. The summed E-state index contributed by atoms with van der Waals surface area (Å²) in [5.41, 5.74) is 6.73. The molecule has 0 aromatic heterocycles. The molecule has 0 bridgehead atoms. The molecule has 27 heavy (non-hydrogen) atoms. The number of hydrogen-bond donors (Lipinski definition) is 2. The smallest absolute Gasteiger partial charge is 0.410 e. The fourth-order valence-electron chi connectivity index (χ4n) is 2.61. The normalized spacial score (nSPS) is 15.1. The Kier molecular flexibility index (Phi) is 9.68. The van der Waals surface area contributed by atoms with Gasteiger partial charge in [0.05, 0.1) is 0 Å². The van der Waals surface area contributed by atoms with Crippen LogP contribution >= 0.6 is 24.0 Å². The summed E-state index contributed by atoms with van der Waals surface area (Å²) in [6.07, 6.45) is 0.646. The Hall–Kier alpha value is -1.71. The van der Waals surface area contributed by atoms with E-state index in [0.717, 1.165) is 18.7 Å². The number of carbonyl (C=O) groups is 1. The first-order chi connectivity index (χ1) is 12.3. The van der Waals surface area contributed by atoms with Gasteiger partial charge in [0.2, 0.25) is 0 Å². The molecule has 152 valence electrons. The van der Waals surface area contributed by atoms with Crippen LogP contribution in [0.4, 0.5) is 10.5 Å². The number of amides is 1. The Bertz CT molecular complexity index is 596. The van der Waals surface area contributed by atoms with Gasteiger partial charge in [-0.2, -0.15) is 0 Å². The zero-order valence-corrected chi connectivity index (χ0v) is 18.8. The lowest BCUT2D eigenvalue weighted by Gasteiger charge is -2.36. The number of hydrogen-bond acceptors (Lipinski definition) is 4. The number of aliphatic imine (C=N–C) groups is 1. The fraction of sp³-hybridized carbons (Fsp3) is 0.579. The average molecular weight is 489 g/mol. The first-order valence-corrected chi connectivity index (χ1v) is 9.17. The molecule has 2 rings (SSSR count). The molecule has 0 atom stereocenters. The van der Waals surface area contributed by atoms with Crippen LogP contribution in [0.25, 0.3) is 0 Å². The van der Waals surface area contributed by atoms with Crippen LogP contribution in [0.5, 0.6) is 0 Å². The van der Waals surface area contributed by atoms with E-state index in [1.54, 1.807) is 4.90 Å². The van der Waals surface area contributed by atoms with Crippen molar-refractivity contribution in [3.8, 4) is 0 Å². The lowest BCUT2D eigenvalue weighted by molar-refractivity contribution is 0.0186. The van der Waals surface area contributed by atoms with E-state index in [-0.39, 0.29) is 30.1 Å². The molecule has 1 amide bonds. The van der Waals surface area contributed by atoms with Crippen molar-refractivity contribution >= 4 is 41.7 Å². The summed E-state index contributed by atoms with van der Waals surface area (Å²) in [5, 5.41) is 3.35. The number of halogens is 1. The maximum Gasteiger partial charge on any atom is 0.410 e. The summed E-state index contributed by atoms with van der Waals surface area (Å²) in [6, 6.07) is 10.1. The first kappa shape index (κ1) is 23.3. The van der Waals surface area contributed by atoms with Crippen molar-refractivity contribution in [3.05, 3.63) is 30.3 Å². The van der Waals surface area contributed by atoms with Crippen molar-refractivity contribution in [1.82, 2.24) is 9.80 Å². The minimum atomic E-state index is -0.470. The number of carbonyl (C=O) groups excluding carboxylic acids is 1. The SMILES string of the molecule is CC(C)(C)OC(=O)N1CCN(C(N)=NCCCNc2ccccc2)CC1.I. The maximum absolute atomic E-state index is 12.1. The monoisotopic (exact) mass is 489 g/mol. The minimum Gasteiger partial charge on any atom is -0.444 e. The van der Waals surface area contributed by atoms with Gasteiger partial charge < -0.3 is 25.6 Å². The Balaban J connectivity index is 0.00000364. The standard InChI is InChI=1S/C19H31N5O2.HI/c1-19(2,3)26-18(25)24-14-12-23(13-15-24)17(20)22-11-7-10-21-16-8-5-4-6-9-16;/h4-6,8-9,21H,7,10-15H2,1-3H3,(H2,20,22);1H. The molecular weight excluding hydrogens is 457 g/mol. The summed E-state index contributed by atoms with van der Waals surface area (Å²) >= 11 is 0. The van der Waals surface area contributed by atoms with Gasteiger partial charge in [-0.05, 0) is 39.3 Å². The summed E-state index contributed by atoms with van der Waals surface area (Å²) in [7, 11) is 0. The molecule has 0 aliphatic carbocycles. The zero-order chi connectivity index (χ0) is 19.0. The molecule has 1 heterocycles. The van der Waals surface area contributed by atoms with Crippen molar-refractivity contribution < 1.29 is 9.53 Å². The van der Waals surface area contributed by atoms with Gasteiger partial charge in [0.1, 0.15) is 5.60 Å². The number of ether oxygens (including phenoxy) is 1. The van der Waals surface area contributed by atoms with Crippen molar-refractivity contribution in [2.75, 3.05) is 44.6 Å². The third-order valence-corrected chi connectivity index (χ3v) is 3.97. The number of nitrogens with one attached hydrogen (secondary N) is 1. The van der Waals surface area contributed by atoms with Crippen LogP contribution in [0.3, 0.4) is 0 Å². The molecule has 0 saturated carbocycles. The molecule has 1 aliphatic heterocycles. The summed E-state index contributed by atoms with van der Waals surface area (Å²) in [6.45, 7) is 9.70. The number of rotatable bonds is 5. The van der Waals surface area contributed by atoms with Gasteiger partial charge >= 0.3 is 6.09 Å². The lowest BCUT2D eigenvalue weighted by atomic mass is 10.2. The van der Waals surface area contributed by atoms with Crippen LogP contribution in [-0.4, -0.2) is 66.7 Å². The molecular formula is C19H32IN5O2. The molecule has 1 saturated heterocycles. The summed E-state index contributed by atoms with van der Waals surface area (Å²) in [4.78, 5) is 20.3. The number of benzene rings is 1. The predicted octanol–water partition coefficient (Wildman–Crippen LogP) is 2.97. The molecule has 1 aromatic carbocycles. The third kappa shape index (κ3) is 8.68. The van der Waals surface area contributed by atoms with Gasteiger partial charge in [0.25, 0.3) is 0 Å². The molecule has 7 nitrogen and oxygen atoms in total. The van der Waals surface area contributed by atoms with Crippen LogP contribution in [0, 0.1) is 0 Å². The van der Waals surface area contributed by atoms with E-state index in [1.165, 1.54) is 0 Å². The second kappa shape index (κ2) is 11.2. The zero-order valence-electron chi connectivity index (χ0n) is 16.5. The van der Waals surface area contributed by atoms with Gasteiger partial charge in [-0.1, -0.05) is 18.2 Å². The van der Waals surface area contributed by atoms with E-state index < -0.39 is 5.60 Å². The average Bonchev–Trinajstić information content (AvgIpc) is 2.61. The number of anilines is 1. The predicted molar refractivity (Wildman–Crippen MR) is 121 cm³/mol. The Morgan fingerprint density at radius 3 is 2.33 bits per heavy atom. The number of piperazine rings is 1. The highest BCUT2D eigenvalue weighted by molar-refractivity contribution is 14.0. The van der Waals surface area contributed by atoms with E-state index in [4.69, 9.17) is 10.5 Å². The molecule has 1 fully saturated rings. The van der Waals surface area contributed by atoms with Crippen LogP contribution in [0.15, 0.2) is 35.3 Å². The van der Waals surface area contributed by atoms with Crippen molar-refractivity contribution in [3.63, 3.8) is 0 Å². The molecule has 0 spiro atoms. The molecule has 3 N–H and O–H groups in total. The van der Waals surface area contributed by atoms with Gasteiger partial charge in [0.15, 0.2) is 5.96 Å². The summed E-state index contributed by atoms with van der Waals surface area (Å²) in [5.74, 6) is 0.550. The van der Waals surface area contributed by atoms with E-state index in [2.05, 4.69) is 10.3 Å². The number of nitrogens with zero attached hydrogens (tertiary/aromatic N) is 3. The van der Waals surface area contributed by atoms with Crippen molar-refractivity contribution in [2.45, 2.75) is 32.8 Å². The Morgan fingerprint density at radius 1 is 1.15 bits per heavy atom. The molecule has 1 aromatic rings. The third-order valence-electron chi connectivity index (χ3n) is 3.97. The highest BCUT2D eigenvalue weighted by atomic mass is 127. The van der Waals surface area contributed by atoms with Crippen LogP contribution in [0.1, 0.15) is 27.2 Å². The van der Waals surface area contributed by atoms with Gasteiger partial charge in [0, 0.05) is 45.0 Å². The largest absolute Gasteiger partial charge is 0.444 e. The number of nitrogens with two attached hydrogens (primary N) is 1. The van der Waals surface area contributed by atoms with E-state index in [1.807, 2.05) is 56.0 Å². The highest BCUT2D eigenvalue weighted by Gasteiger charge is 2.26. The molecule has 0 radical (unpaired) electrons. The molecule has 8 heteroatoms. The fourth-order valence-corrected chi connectivity index (χ4v) is 2.61. The van der Waals surface area contributed by atoms with Crippen molar-refractivity contribution in [1.29, 1.82) is 0 Å². The van der Waals surface area contributed by atoms with Gasteiger partial charge in [-0.3, -0.25) is 4.99 Å². The van der Waals surface area contributed by atoms with Gasteiger partial charge in [-0.15, -0.1) is 24.0 Å². The second-order valence-electron chi connectivity index (χ2n) is 7.34. The first-order valence-electron chi connectivity index (χ1n) is 9.17. The quantitative estimate of drug-likeness (QED) is 0.288. The number of para-hydroxylation sites is 1. The lowest BCUT2D eigenvalue weighted by Crippen LogP contribution is -2.53. The second-order valence-corrected chi connectivity index (χ2v) is 7.34. The van der Waals surface area contributed by atoms with E-state index in [0.29, 0.717) is 38.7 Å². The maximum atomic E-state index is 12.1.